The third-order valence-electron chi connectivity index (χ3n) is 4.71. The number of aromatic nitrogens is 2. The van der Waals surface area contributed by atoms with Crippen LogP contribution in [-0.4, -0.2) is 16.1 Å². The van der Waals surface area contributed by atoms with Gasteiger partial charge in [0.1, 0.15) is 11.9 Å². The van der Waals surface area contributed by atoms with Crippen molar-refractivity contribution < 1.29 is 13.6 Å². The van der Waals surface area contributed by atoms with Gasteiger partial charge in [-0.25, -0.2) is 4.39 Å². The van der Waals surface area contributed by atoms with Gasteiger partial charge in [0.15, 0.2) is 0 Å². The fourth-order valence-electron chi connectivity index (χ4n) is 3.17. The van der Waals surface area contributed by atoms with Crippen molar-refractivity contribution in [1.82, 2.24) is 15.5 Å². The first kappa shape index (κ1) is 19.5. The fourth-order valence-corrected chi connectivity index (χ4v) is 3.17. The second-order valence-electron chi connectivity index (χ2n) is 6.82. The van der Waals surface area contributed by atoms with Crippen LogP contribution in [-0.2, 0) is 11.2 Å². The lowest BCUT2D eigenvalue weighted by Crippen LogP contribution is -2.30. The number of nitrogens with one attached hydrogen (secondary N) is 1. The summed E-state index contributed by atoms with van der Waals surface area (Å²) < 4.78 is 20.3. The number of carbonyl (C=O) groups is 1. The average Bonchev–Trinajstić information content (AvgIpc) is 3.28. The zero-order valence-electron chi connectivity index (χ0n) is 16.2. The Balaban J connectivity index is 1.57. The van der Waals surface area contributed by atoms with Crippen molar-refractivity contribution in [2.45, 2.75) is 18.9 Å². The van der Waals surface area contributed by atoms with Crippen LogP contribution in [0.15, 0.2) is 89.3 Å². The molecule has 150 valence electrons. The topological polar surface area (TPSA) is 68.0 Å². The molecule has 0 aliphatic heterocycles. The van der Waals surface area contributed by atoms with Gasteiger partial charge in [0.2, 0.25) is 17.7 Å². The molecule has 0 radical (unpaired) electrons. The van der Waals surface area contributed by atoms with Crippen LogP contribution in [0.1, 0.15) is 29.5 Å². The van der Waals surface area contributed by atoms with E-state index >= 15 is 0 Å². The largest absolute Gasteiger partial charge is 0.418 e. The van der Waals surface area contributed by atoms with Gasteiger partial charge in [0, 0.05) is 17.5 Å². The van der Waals surface area contributed by atoms with Crippen molar-refractivity contribution in [3.05, 3.63) is 108 Å². The number of nitrogens with zero attached hydrogens (tertiary/aromatic N) is 2. The summed E-state index contributed by atoms with van der Waals surface area (Å²) in [6, 6.07) is 24.4. The molecular weight excluding hydrogens is 381 g/mol. The van der Waals surface area contributed by atoms with Crippen LogP contribution in [0.3, 0.4) is 0 Å². The van der Waals surface area contributed by atoms with Crippen LogP contribution < -0.4 is 5.32 Å². The van der Waals surface area contributed by atoms with Crippen molar-refractivity contribution in [2.75, 3.05) is 0 Å². The highest BCUT2D eigenvalue weighted by Crippen LogP contribution is 2.26. The Morgan fingerprint density at radius 3 is 2.30 bits per heavy atom. The van der Waals surface area contributed by atoms with E-state index in [4.69, 9.17) is 4.42 Å². The van der Waals surface area contributed by atoms with Crippen LogP contribution >= 0.6 is 0 Å². The van der Waals surface area contributed by atoms with Gasteiger partial charge < -0.3 is 9.73 Å². The molecular formula is C24H20FN3O2. The maximum absolute atomic E-state index is 14.5. The standard InChI is InChI=1S/C24H20FN3O2/c25-20-14-8-7-13-19(20)22(26-21(29)16-15-17-9-3-1-4-10-17)24-28-27-23(30-24)18-11-5-2-6-12-18/h1-14,22H,15-16H2,(H,26,29)/t22-/m0/s1. The lowest BCUT2D eigenvalue weighted by molar-refractivity contribution is -0.121. The molecule has 0 aliphatic carbocycles. The first-order valence-corrected chi connectivity index (χ1v) is 9.67. The highest BCUT2D eigenvalue weighted by molar-refractivity contribution is 5.77. The predicted molar refractivity (Wildman–Crippen MR) is 111 cm³/mol. The minimum Gasteiger partial charge on any atom is -0.418 e. The predicted octanol–water partition coefficient (Wildman–Crippen LogP) is 4.71. The first-order chi connectivity index (χ1) is 14.7. The van der Waals surface area contributed by atoms with E-state index in [0.29, 0.717) is 12.3 Å². The average molecular weight is 401 g/mol. The molecule has 1 aromatic heterocycles. The van der Waals surface area contributed by atoms with Gasteiger partial charge in [0.05, 0.1) is 0 Å². The second-order valence-corrected chi connectivity index (χ2v) is 6.82. The van der Waals surface area contributed by atoms with Gasteiger partial charge >= 0.3 is 0 Å². The highest BCUT2D eigenvalue weighted by Gasteiger charge is 2.25. The number of benzene rings is 3. The van der Waals surface area contributed by atoms with Crippen LogP contribution in [0.5, 0.6) is 0 Å². The van der Waals surface area contributed by atoms with Gasteiger partial charge in [-0.15, -0.1) is 10.2 Å². The monoisotopic (exact) mass is 401 g/mol. The Kier molecular flexibility index (Phi) is 5.94. The van der Waals surface area contributed by atoms with E-state index in [1.54, 1.807) is 18.2 Å². The van der Waals surface area contributed by atoms with E-state index in [1.165, 1.54) is 6.07 Å². The molecule has 1 amide bonds. The number of carbonyl (C=O) groups excluding carboxylic acids is 1. The summed E-state index contributed by atoms with van der Waals surface area (Å²) in [7, 11) is 0. The third-order valence-corrected chi connectivity index (χ3v) is 4.71. The van der Waals surface area contributed by atoms with E-state index in [2.05, 4.69) is 15.5 Å². The number of amides is 1. The van der Waals surface area contributed by atoms with Gasteiger partial charge in [-0.05, 0) is 30.2 Å². The zero-order valence-corrected chi connectivity index (χ0v) is 16.2. The summed E-state index contributed by atoms with van der Waals surface area (Å²) in [5.74, 6) is -0.241. The van der Waals surface area contributed by atoms with E-state index < -0.39 is 11.9 Å². The van der Waals surface area contributed by atoms with E-state index in [-0.39, 0.29) is 23.8 Å². The molecule has 0 saturated carbocycles. The Labute approximate surface area is 173 Å². The number of rotatable bonds is 7. The highest BCUT2D eigenvalue weighted by atomic mass is 19.1. The second kappa shape index (κ2) is 9.13. The Bertz CT molecular complexity index is 1110. The van der Waals surface area contributed by atoms with E-state index in [9.17, 15) is 9.18 Å². The van der Waals surface area contributed by atoms with Crippen LogP contribution in [0.2, 0.25) is 0 Å². The molecule has 4 aromatic rings. The molecule has 4 rings (SSSR count). The van der Waals surface area contributed by atoms with Crippen LogP contribution in [0.25, 0.3) is 11.5 Å². The summed E-state index contributed by atoms with van der Waals surface area (Å²) >= 11 is 0. The fraction of sp³-hybridized carbons (Fsp3) is 0.125. The summed E-state index contributed by atoms with van der Waals surface area (Å²) in [5, 5.41) is 11.0. The number of hydrogen-bond acceptors (Lipinski definition) is 4. The summed E-state index contributed by atoms with van der Waals surface area (Å²) in [6.45, 7) is 0. The maximum atomic E-state index is 14.5. The molecule has 1 N–H and O–H groups in total. The normalized spacial score (nSPS) is 11.8. The molecule has 0 spiro atoms. The van der Waals surface area contributed by atoms with E-state index in [1.807, 2.05) is 60.7 Å². The number of aryl methyl sites for hydroxylation is 1. The molecule has 30 heavy (non-hydrogen) atoms. The van der Waals surface area contributed by atoms with Crippen molar-refractivity contribution in [3.8, 4) is 11.5 Å². The van der Waals surface area contributed by atoms with E-state index in [0.717, 1.165) is 11.1 Å². The van der Waals surface area contributed by atoms with Crippen molar-refractivity contribution in [1.29, 1.82) is 0 Å². The minimum atomic E-state index is -0.876. The number of hydrogen-bond donors (Lipinski definition) is 1. The molecule has 0 fully saturated rings. The third kappa shape index (κ3) is 4.60. The SMILES string of the molecule is O=C(CCc1ccccc1)N[C@H](c1nnc(-c2ccccc2)o1)c1ccccc1F. The molecule has 1 heterocycles. The Morgan fingerprint density at radius 1 is 0.900 bits per heavy atom. The molecule has 3 aromatic carbocycles. The summed E-state index contributed by atoms with van der Waals surface area (Å²) in [6.07, 6.45) is 0.838. The molecule has 5 nitrogen and oxygen atoms in total. The van der Waals surface area contributed by atoms with Crippen molar-refractivity contribution in [3.63, 3.8) is 0 Å². The lowest BCUT2D eigenvalue weighted by atomic mass is 10.0. The Morgan fingerprint density at radius 2 is 1.57 bits per heavy atom. The molecule has 0 saturated heterocycles. The Hall–Kier alpha value is -3.80. The minimum absolute atomic E-state index is 0.131. The summed E-state index contributed by atoms with van der Waals surface area (Å²) in [4.78, 5) is 12.6. The molecule has 6 heteroatoms. The van der Waals surface area contributed by atoms with Crippen molar-refractivity contribution >= 4 is 5.91 Å². The van der Waals surface area contributed by atoms with Gasteiger partial charge in [-0.1, -0.05) is 66.7 Å². The molecule has 1 atom stereocenters. The van der Waals surface area contributed by atoms with Crippen molar-refractivity contribution in [2.24, 2.45) is 0 Å². The van der Waals surface area contributed by atoms with Gasteiger partial charge in [-0.3, -0.25) is 4.79 Å². The van der Waals surface area contributed by atoms with Gasteiger partial charge in [0.25, 0.3) is 0 Å². The molecule has 0 bridgehead atoms. The maximum Gasteiger partial charge on any atom is 0.247 e. The summed E-state index contributed by atoms with van der Waals surface area (Å²) in [5.41, 5.74) is 2.08. The quantitative estimate of drug-likeness (QED) is 0.487. The van der Waals surface area contributed by atoms with Crippen LogP contribution in [0.4, 0.5) is 4.39 Å². The lowest BCUT2D eigenvalue weighted by Gasteiger charge is -2.16. The number of halogens is 1. The van der Waals surface area contributed by atoms with Gasteiger partial charge in [-0.2, -0.15) is 0 Å². The molecule has 0 aliphatic rings. The zero-order chi connectivity index (χ0) is 20.8. The molecule has 0 unspecified atom stereocenters. The van der Waals surface area contributed by atoms with Crippen LogP contribution in [0, 0.1) is 5.82 Å². The first-order valence-electron chi connectivity index (χ1n) is 9.67. The smallest absolute Gasteiger partial charge is 0.247 e.